The van der Waals surface area contributed by atoms with Crippen LogP contribution in [-0.2, 0) is 33.6 Å². The molecule has 3 rings (SSSR count). The number of alkyl halides is 3. The van der Waals surface area contributed by atoms with Gasteiger partial charge in [0.1, 0.15) is 24.1 Å². The third kappa shape index (κ3) is 9.03. The zero-order valence-corrected chi connectivity index (χ0v) is 22.3. The van der Waals surface area contributed by atoms with E-state index in [-0.39, 0.29) is 24.7 Å². The van der Waals surface area contributed by atoms with E-state index >= 15 is 0 Å². The number of nitrogens with one attached hydrogen (secondary N) is 3. The molecule has 40 heavy (non-hydrogen) atoms. The summed E-state index contributed by atoms with van der Waals surface area (Å²) in [6.07, 6.45) is -6.48. The van der Waals surface area contributed by atoms with Gasteiger partial charge >= 0.3 is 18.4 Å². The highest BCUT2D eigenvalue weighted by molar-refractivity contribution is 5.85. The number of anilines is 1. The average Bonchev–Trinajstić information content (AvgIpc) is 3.30. The topological polar surface area (TPSA) is 124 Å². The molecule has 3 aromatic rings. The lowest BCUT2D eigenvalue weighted by molar-refractivity contribution is -0.141. The Labute approximate surface area is 228 Å². The van der Waals surface area contributed by atoms with Crippen molar-refractivity contribution in [2.24, 2.45) is 0 Å². The number of nitrogens with zero attached hydrogens (tertiary/aromatic N) is 2. The van der Waals surface area contributed by atoms with E-state index in [1.807, 2.05) is 0 Å². The maximum Gasteiger partial charge on any atom is 0.435 e. The first kappa shape index (κ1) is 30.0. The van der Waals surface area contributed by atoms with Crippen molar-refractivity contribution >= 4 is 23.9 Å². The molecule has 1 atom stereocenters. The molecule has 0 bridgehead atoms. The highest BCUT2D eigenvalue weighted by atomic mass is 19.4. The fourth-order valence-electron chi connectivity index (χ4n) is 3.36. The van der Waals surface area contributed by atoms with Crippen LogP contribution in [0, 0.1) is 0 Å². The third-order valence-corrected chi connectivity index (χ3v) is 5.19. The molecule has 10 nitrogen and oxygen atoms in total. The highest BCUT2D eigenvalue weighted by Gasteiger charge is 2.35. The van der Waals surface area contributed by atoms with Gasteiger partial charge in [0.15, 0.2) is 5.69 Å². The molecule has 0 fully saturated rings. The summed E-state index contributed by atoms with van der Waals surface area (Å²) in [6, 6.07) is 14.8. The van der Waals surface area contributed by atoms with Gasteiger partial charge in [0, 0.05) is 12.6 Å². The summed E-state index contributed by atoms with van der Waals surface area (Å²) in [6.45, 7) is 6.47. The number of carbonyl (C=O) groups excluding carboxylic acids is 3. The van der Waals surface area contributed by atoms with E-state index in [9.17, 15) is 27.6 Å². The number of halogens is 3. The SMILES string of the molecule is C[C@H](NC(=O)OC(C)(C)C)C(=O)NCc1cccc(-n2nc(C(F)(F)F)cc2NC(=O)OCc2ccccc2)c1. The van der Waals surface area contributed by atoms with Gasteiger partial charge in [-0.1, -0.05) is 42.5 Å². The van der Waals surface area contributed by atoms with E-state index in [2.05, 4.69) is 21.0 Å². The van der Waals surface area contributed by atoms with Crippen LogP contribution in [0.1, 0.15) is 44.5 Å². The van der Waals surface area contributed by atoms with Gasteiger partial charge in [-0.05, 0) is 51.0 Å². The zero-order valence-electron chi connectivity index (χ0n) is 22.3. The quantitative estimate of drug-likeness (QED) is 0.349. The first-order chi connectivity index (χ1) is 18.7. The minimum Gasteiger partial charge on any atom is -0.444 e. The molecule has 0 aliphatic carbocycles. The molecular weight excluding hydrogens is 531 g/mol. The summed E-state index contributed by atoms with van der Waals surface area (Å²) in [5.74, 6) is -0.764. The van der Waals surface area contributed by atoms with E-state index < -0.39 is 41.6 Å². The van der Waals surface area contributed by atoms with E-state index in [1.54, 1.807) is 63.2 Å². The number of aromatic nitrogens is 2. The summed E-state index contributed by atoms with van der Waals surface area (Å²) < 4.78 is 51.5. The van der Waals surface area contributed by atoms with Crippen molar-refractivity contribution in [3.05, 3.63) is 77.5 Å². The Balaban J connectivity index is 1.70. The smallest absolute Gasteiger partial charge is 0.435 e. The van der Waals surface area contributed by atoms with Crippen LogP contribution in [0.3, 0.4) is 0 Å². The molecule has 13 heteroatoms. The summed E-state index contributed by atoms with van der Waals surface area (Å²) >= 11 is 0. The lowest BCUT2D eigenvalue weighted by atomic mass is 10.2. The fourth-order valence-corrected chi connectivity index (χ4v) is 3.36. The van der Waals surface area contributed by atoms with Crippen molar-refractivity contribution in [1.29, 1.82) is 0 Å². The van der Waals surface area contributed by atoms with Crippen molar-refractivity contribution in [2.45, 2.75) is 58.7 Å². The maximum absolute atomic E-state index is 13.4. The van der Waals surface area contributed by atoms with Crippen LogP contribution in [0.2, 0.25) is 0 Å². The van der Waals surface area contributed by atoms with Gasteiger partial charge in [0.25, 0.3) is 0 Å². The average molecular weight is 562 g/mol. The van der Waals surface area contributed by atoms with Gasteiger partial charge in [-0.15, -0.1) is 0 Å². The van der Waals surface area contributed by atoms with Crippen LogP contribution in [0.4, 0.5) is 28.6 Å². The molecule has 1 heterocycles. The third-order valence-electron chi connectivity index (χ3n) is 5.19. The van der Waals surface area contributed by atoms with E-state index in [0.717, 1.165) is 4.68 Å². The van der Waals surface area contributed by atoms with Crippen molar-refractivity contribution in [1.82, 2.24) is 20.4 Å². The van der Waals surface area contributed by atoms with Gasteiger partial charge in [-0.2, -0.15) is 18.3 Å². The van der Waals surface area contributed by atoms with Crippen molar-refractivity contribution in [3.8, 4) is 5.69 Å². The number of amides is 3. The Hall–Kier alpha value is -4.55. The standard InChI is InChI=1S/C27H30F3N5O5/c1-17(32-25(38)40-26(2,3)4)23(36)31-15-19-11-8-12-20(13-19)35-22(14-21(34-35)27(28,29)30)33-24(37)39-16-18-9-6-5-7-10-18/h5-14,17H,15-16H2,1-4H3,(H,31,36)(H,32,38)(H,33,37)/t17-/m0/s1. The molecule has 0 saturated heterocycles. The molecule has 3 amide bonds. The summed E-state index contributed by atoms with van der Waals surface area (Å²) in [4.78, 5) is 36.7. The Morgan fingerprint density at radius 1 is 0.950 bits per heavy atom. The minimum atomic E-state index is -4.77. The van der Waals surface area contributed by atoms with Crippen LogP contribution in [0.15, 0.2) is 60.7 Å². The van der Waals surface area contributed by atoms with Crippen LogP contribution in [0.25, 0.3) is 5.69 Å². The molecule has 0 spiro atoms. The van der Waals surface area contributed by atoms with Crippen LogP contribution in [0.5, 0.6) is 0 Å². The first-order valence-electron chi connectivity index (χ1n) is 12.2. The molecule has 0 unspecified atom stereocenters. The van der Waals surface area contributed by atoms with Crippen LogP contribution < -0.4 is 16.0 Å². The Morgan fingerprint density at radius 2 is 1.62 bits per heavy atom. The number of carbonyl (C=O) groups is 3. The van der Waals surface area contributed by atoms with Gasteiger partial charge in [-0.25, -0.2) is 14.3 Å². The van der Waals surface area contributed by atoms with Gasteiger partial charge in [0.2, 0.25) is 5.91 Å². The molecule has 1 aromatic heterocycles. The predicted octanol–water partition coefficient (Wildman–Crippen LogP) is 5.17. The monoisotopic (exact) mass is 561 g/mol. The van der Waals surface area contributed by atoms with E-state index in [0.29, 0.717) is 17.2 Å². The number of benzene rings is 2. The summed E-state index contributed by atoms with van der Waals surface area (Å²) in [7, 11) is 0. The van der Waals surface area contributed by atoms with Crippen LogP contribution >= 0.6 is 0 Å². The second kappa shape index (κ2) is 12.5. The first-order valence-corrected chi connectivity index (χ1v) is 12.2. The number of hydrogen-bond donors (Lipinski definition) is 3. The van der Waals surface area contributed by atoms with Crippen molar-refractivity contribution in [2.75, 3.05) is 5.32 Å². The molecular formula is C27H30F3N5O5. The highest BCUT2D eigenvalue weighted by Crippen LogP contribution is 2.31. The number of ether oxygens (including phenoxy) is 2. The van der Waals surface area contributed by atoms with Gasteiger partial charge in [-0.3, -0.25) is 10.1 Å². The normalized spacial score (nSPS) is 12.3. The van der Waals surface area contributed by atoms with Crippen molar-refractivity contribution < 1.29 is 37.0 Å². The van der Waals surface area contributed by atoms with Crippen molar-refractivity contribution in [3.63, 3.8) is 0 Å². The molecule has 3 N–H and O–H groups in total. The number of rotatable bonds is 8. The number of alkyl carbamates (subject to hydrolysis) is 1. The van der Waals surface area contributed by atoms with Gasteiger partial charge < -0.3 is 20.1 Å². The second-order valence-corrected chi connectivity index (χ2v) is 9.77. The summed E-state index contributed by atoms with van der Waals surface area (Å²) in [5.41, 5.74) is -0.525. The predicted molar refractivity (Wildman–Crippen MR) is 139 cm³/mol. The molecule has 2 aromatic carbocycles. The maximum atomic E-state index is 13.4. The number of hydrogen-bond acceptors (Lipinski definition) is 6. The second-order valence-electron chi connectivity index (χ2n) is 9.77. The lowest BCUT2D eigenvalue weighted by Crippen LogP contribution is -2.46. The summed E-state index contributed by atoms with van der Waals surface area (Å²) in [5, 5.41) is 11.0. The van der Waals surface area contributed by atoms with Gasteiger partial charge in [0.05, 0.1) is 5.69 Å². The lowest BCUT2D eigenvalue weighted by Gasteiger charge is -2.21. The molecule has 214 valence electrons. The van der Waals surface area contributed by atoms with Crippen LogP contribution in [-0.4, -0.2) is 39.5 Å². The zero-order chi connectivity index (χ0) is 29.5. The molecule has 0 radical (unpaired) electrons. The Morgan fingerprint density at radius 3 is 2.27 bits per heavy atom. The van der Waals surface area contributed by atoms with E-state index in [4.69, 9.17) is 9.47 Å². The largest absolute Gasteiger partial charge is 0.444 e. The molecule has 0 saturated carbocycles. The fraction of sp³-hybridized carbons (Fsp3) is 0.333. The Bertz CT molecular complexity index is 1340. The Kier molecular flexibility index (Phi) is 9.40. The minimum absolute atomic E-state index is 0.00227. The molecule has 0 aliphatic rings. The molecule has 0 aliphatic heterocycles. The van der Waals surface area contributed by atoms with E-state index in [1.165, 1.54) is 19.1 Å².